The van der Waals surface area contributed by atoms with Crippen LogP contribution in [0.2, 0.25) is 0 Å². The third-order valence-corrected chi connectivity index (χ3v) is 6.37. The van der Waals surface area contributed by atoms with Crippen molar-refractivity contribution in [3.05, 3.63) is 29.4 Å². The van der Waals surface area contributed by atoms with Gasteiger partial charge in [-0.25, -0.2) is 9.97 Å². The number of methoxy groups -OCH3 is 2. The van der Waals surface area contributed by atoms with Crippen LogP contribution in [0, 0.1) is 6.92 Å². The summed E-state index contributed by atoms with van der Waals surface area (Å²) in [6.45, 7) is 5.36. The molecule has 3 rings (SSSR count). The van der Waals surface area contributed by atoms with Crippen LogP contribution in [-0.4, -0.2) is 40.0 Å². The minimum absolute atomic E-state index is 0.630. The van der Waals surface area contributed by atoms with E-state index < -0.39 is 10.7 Å². The molecule has 0 unspecified atom stereocenters. The normalized spacial score (nSPS) is 11.6. The highest BCUT2D eigenvalue weighted by Gasteiger charge is 2.31. The van der Waals surface area contributed by atoms with Crippen LogP contribution in [-0.2, 0) is 4.79 Å². The molecule has 0 fully saturated rings. The van der Waals surface area contributed by atoms with E-state index in [1.807, 2.05) is 25.1 Å². The molecule has 0 aliphatic heterocycles. The Labute approximate surface area is 165 Å². The van der Waals surface area contributed by atoms with Crippen molar-refractivity contribution >= 4 is 39.3 Å². The summed E-state index contributed by atoms with van der Waals surface area (Å²) in [6.07, 6.45) is 1.48. The largest absolute Gasteiger partial charge is 0.493 e. The number of carbonyl (C=O) groups is 1. The van der Waals surface area contributed by atoms with Gasteiger partial charge in [0.15, 0.2) is 11.5 Å². The molecule has 0 aliphatic rings. The van der Waals surface area contributed by atoms with Gasteiger partial charge in [-0.3, -0.25) is 4.79 Å². The van der Waals surface area contributed by atoms with E-state index in [-0.39, 0.29) is 0 Å². The summed E-state index contributed by atoms with van der Waals surface area (Å²) in [5.74, 6) is 0.390. The Kier molecular flexibility index (Phi) is 5.30. The molecule has 142 valence electrons. The quantitative estimate of drug-likeness (QED) is 0.473. The van der Waals surface area contributed by atoms with E-state index in [2.05, 4.69) is 9.97 Å². The van der Waals surface area contributed by atoms with E-state index >= 15 is 0 Å². The molecular formula is C19H20N2O4S2. The van der Waals surface area contributed by atoms with E-state index in [0.717, 1.165) is 26.2 Å². The number of hydrogen-bond donors (Lipinski definition) is 1. The molecule has 2 aromatic heterocycles. The van der Waals surface area contributed by atoms with E-state index in [0.29, 0.717) is 16.5 Å². The van der Waals surface area contributed by atoms with Crippen molar-refractivity contribution in [3.63, 3.8) is 0 Å². The second-order valence-electron chi connectivity index (χ2n) is 6.38. The Morgan fingerprint density at radius 3 is 2.52 bits per heavy atom. The topological polar surface area (TPSA) is 81.5 Å². The zero-order valence-corrected chi connectivity index (χ0v) is 17.3. The van der Waals surface area contributed by atoms with Crippen LogP contribution in [0.1, 0.15) is 18.7 Å². The van der Waals surface area contributed by atoms with E-state index in [4.69, 9.17) is 9.47 Å². The molecule has 1 N–H and O–H groups in total. The Hall–Kier alpha value is -2.32. The lowest BCUT2D eigenvalue weighted by atomic mass is 10.0. The number of fused-ring (bicyclic) bond motifs is 1. The number of carboxylic acid groups (broad SMARTS) is 1. The highest BCUT2D eigenvalue weighted by Crippen LogP contribution is 2.45. The first-order valence-electron chi connectivity index (χ1n) is 8.17. The number of carboxylic acids is 1. The fourth-order valence-corrected chi connectivity index (χ4v) is 4.77. The van der Waals surface area contributed by atoms with Crippen molar-refractivity contribution in [1.29, 1.82) is 0 Å². The maximum absolute atomic E-state index is 11.6. The molecule has 0 saturated carbocycles. The van der Waals surface area contributed by atoms with Gasteiger partial charge in [-0.05, 0) is 38.5 Å². The second-order valence-corrected chi connectivity index (χ2v) is 9.19. The number of benzene rings is 1. The van der Waals surface area contributed by atoms with E-state index in [1.54, 1.807) is 39.4 Å². The first-order valence-corrected chi connectivity index (χ1v) is 9.80. The number of thiophene rings is 1. The predicted octanol–water partition coefficient (Wildman–Crippen LogP) is 4.64. The number of rotatable bonds is 6. The molecule has 2 heterocycles. The van der Waals surface area contributed by atoms with Gasteiger partial charge in [0.1, 0.15) is 20.9 Å². The lowest BCUT2D eigenvalue weighted by Crippen LogP contribution is -2.27. The van der Waals surface area contributed by atoms with E-state index in [9.17, 15) is 9.90 Å². The van der Waals surface area contributed by atoms with Crippen LogP contribution in [0.5, 0.6) is 11.5 Å². The molecule has 0 spiro atoms. The van der Waals surface area contributed by atoms with Gasteiger partial charge >= 0.3 is 5.97 Å². The Morgan fingerprint density at radius 2 is 1.89 bits per heavy atom. The van der Waals surface area contributed by atoms with Gasteiger partial charge in [0.25, 0.3) is 0 Å². The number of aryl methyl sites for hydroxylation is 1. The minimum Gasteiger partial charge on any atom is -0.493 e. The third kappa shape index (κ3) is 3.59. The fourth-order valence-electron chi connectivity index (χ4n) is 2.72. The number of aromatic nitrogens is 2. The first kappa shape index (κ1) is 19.4. The molecular weight excluding hydrogens is 384 g/mol. The predicted molar refractivity (Wildman–Crippen MR) is 108 cm³/mol. The summed E-state index contributed by atoms with van der Waals surface area (Å²) in [6, 6.07) is 5.73. The summed E-state index contributed by atoms with van der Waals surface area (Å²) in [5.41, 5.74) is 1.93. The van der Waals surface area contributed by atoms with Crippen molar-refractivity contribution in [2.45, 2.75) is 30.5 Å². The molecule has 0 atom stereocenters. The molecule has 0 saturated heterocycles. The Morgan fingerprint density at radius 1 is 1.19 bits per heavy atom. The van der Waals surface area contributed by atoms with Crippen molar-refractivity contribution < 1.29 is 19.4 Å². The van der Waals surface area contributed by atoms with Crippen molar-refractivity contribution in [1.82, 2.24) is 9.97 Å². The number of thioether (sulfide) groups is 1. The number of ether oxygens (including phenoxy) is 2. The van der Waals surface area contributed by atoms with Crippen molar-refractivity contribution in [2.75, 3.05) is 14.2 Å². The zero-order valence-electron chi connectivity index (χ0n) is 15.7. The second kappa shape index (κ2) is 7.36. The highest BCUT2D eigenvalue weighted by molar-refractivity contribution is 8.01. The lowest BCUT2D eigenvalue weighted by Gasteiger charge is -2.18. The standard InChI is InChI=1S/C19H20N2O4S2/c1-10-14(11-6-7-12(24-4)13(8-11)25-5)15-16(26-10)20-9-21-17(15)27-19(2,3)18(22)23/h6-9H,1-5H3,(H,22,23). The number of nitrogens with zero attached hydrogens (tertiary/aromatic N) is 2. The summed E-state index contributed by atoms with van der Waals surface area (Å²) >= 11 is 2.78. The molecule has 3 aromatic rings. The SMILES string of the molecule is COc1ccc(-c2c(C)sc3ncnc(SC(C)(C)C(=O)O)c23)cc1OC. The number of aliphatic carboxylic acids is 1. The highest BCUT2D eigenvalue weighted by atomic mass is 32.2. The first-order chi connectivity index (χ1) is 12.8. The average Bonchev–Trinajstić information content (AvgIpc) is 2.97. The van der Waals surface area contributed by atoms with Gasteiger partial charge in [0, 0.05) is 10.4 Å². The summed E-state index contributed by atoms with van der Waals surface area (Å²) in [7, 11) is 3.19. The summed E-state index contributed by atoms with van der Waals surface area (Å²) in [4.78, 5) is 22.3. The van der Waals surface area contributed by atoms with Gasteiger partial charge in [-0.2, -0.15) is 0 Å². The van der Waals surface area contributed by atoms with Crippen LogP contribution in [0.3, 0.4) is 0 Å². The molecule has 0 aliphatic carbocycles. The Bertz CT molecular complexity index is 1010. The monoisotopic (exact) mass is 404 g/mol. The molecule has 8 heteroatoms. The van der Waals surface area contributed by atoms with E-state index in [1.165, 1.54) is 18.1 Å². The van der Waals surface area contributed by atoms with Crippen LogP contribution >= 0.6 is 23.1 Å². The van der Waals surface area contributed by atoms with Crippen LogP contribution in [0.25, 0.3) is 21.3 Å². The minimum atomic E-state index is -1.01. The van der Waals surface area contributed by atoms with Gasteiger partial charge in [0.05, 0.1) is 19.6 Å². The average molecular weight is 405 g/mol. The van der Waals surface area contributed by atoms with Crippen molar-refractivity contribution in [3.8, 4) is 22.6 Å². The number of hydrogen-bond acceptors (Lipinski definition) is 7. The third-order valence-electron chi connectivity index (χ3n) is 4.17. The lowest BCUT2D eigenvalue weighted by molar-refractivity contribution is -0.138. The zero-order chi connectivity index (χ0) is 19.8. The fraction of sp³-hybridized carbons (Fsp3) is 0.316. The Balaban J connectivity index is 2.22. The van der Waals surface area contributed by atoms with Gasteiger partial charge < -0.3 is 14.6 Å². The molecule has 0 radical (unpaired) electrons. The van der Waals surface area contributed by atoms with Gasteiger partial charge in [-0.15, -0.1) is 11.3 Å². The maximum atomic E-state index is 11.6. The van der Waals surface area contributed by atoms with Crippen LogP contribution in [0.15, 0.2) is 29.6 Å². The summed E-state index contributed by atoms with van der Waals surface area (Å²) < 4.78 is 9.75. The summed E-state index contributed by atoms with van der Waals surface area (Å²) in [5, 5.41) is 11.0. The maximum Gasteiger partial charge on any atom is 0.319 e. The van der Waals surface area contributed by atoms with Crippen molar-refractivity contribution in [2.24, 2.45) is 0 Å². The van der Waals surface area contributed by atoms with Crippen LogP contribution in [0.4, 0.5) is 0 Å². The molecule has 0 amide bonds. The van der Waals surface area contributed by atoms with Gasteiger partial charge in [0.2, 0.25) is 0 Å². The molecule has 1 aromatic carbocycles. The molecule has 6 nitrogen and oxygen atoms in total. The smallest absolute Gasteiger partial charge is 0.319 e. The molecule has 0 bridgehead atoms. The molecule has 27 heavy (non-hydrogen) atoms. The van der Waals surface area contributed by atoms with Crippen LogP contribution < -0.4 is 9.47 Å². The van der Waals surface area contributed by atoms with Gasteiger partial charge in [-0.1, -0.05) is 17.8 Å².